The summed E-state index contributed by atoms with van der Waals surface area (Å²) < 4.78 is 4.92. The highest BCUT2D eigenvalue weighted by Crippen LogP contribution is 2.34. The summed E-state index contributed by atoms with van der Waals surface area (Å²) in [6.07, 6.45) is 0.809. The van der Waals surface area contributed by atoms with Crippen LogP contribution in [0.3, 0.4) is 0 Å². The highest BCUT2D eigenvalue weighted by atomic mass is 16.5. The number of carbonyl (C=O) groups is 1. The molecule has 1 aliphatic carbocycles. The molecule has 0 unspecified atom stereocenters. The van der Waals surface area contributed by atoms with Crippen LogP contribution in [0.25, 0.3) is 0 Å². The van der Waals surface area contributed by atoms with E-state index in [2.05, 4.69) is 10.2 Å². The average molecular weight is 172 g/mol. The first kappa shape index (κ1) is 9.32. The molecule has 12 heavy (non-hydrogen) atoms. The van der Waals surface area contributed by atoms with Crippen LogP contribution in [0.2, 0.25) is 0 Å². The van der Waals surface area contributed by atoms with E-state index in [1.165, 1.54) is 0 Å². The Hall–Kier alpha value is -0.770. The van der Waals surface area contributed by atoms with Crippen LogP contribution in [0.15, 0.2) is 0 Å². The lowest BCUT2D eigenvalue weighted by atomic mass is 10.4. The van der Waals surface area contributed by atoms with Crippen LogP contribution in [0.1, 0.15) is 6.42 Å². The van der Waals surface area contributed by atoms with Gasteiger partial charge in [-0.05, 0) is 20.5 Å². The summed E-state index contributed by atoms with van der Waals surface area (Å²) in [4.78, 5) is 12.8. The van der Waals surface area contributed by atoms with E-state index < -0.39 is 0 Å². The van der Waals surface area contributed by atoms with Crippen molar-refractivity contribution in [2.45, 2.75) is 12.5 Å². The lowest BCUT2D eigenvalue weighted by Crippen LogP contribution is -2.22. The van der Waals surface area contributed by atoms with E-state index in [0.29, 0.717) is 18.6 Å². The molecule has 1 fully saturated rings. The minimum Gasteiger partial charge on any atom is -0.449 e. The molecule has 1 amide bonds. The van der Waals surface area contributed by atoms with Crippen molar-refractivity contribution in [1.29, 1.82) is 0 Å². The number of alkyl carbamates (subject to hydrolysis) is 1. The fourth-order valence-electron chi connectivity index (χ4n) is 1.30. The predicted octanol–water partition coefficient (Wildman–Crippen LogP) is 0.292. The second-order valence-electron chi connectivity index (χ2n) is 3.38. The largest absolute Gasteiger partial charge is 0.449 e. The van der Waals surface area contributed by atoms with Crippen LogP contribution < -0.4 is 5.32 Å². The van der Waals surface area contributed by atoms with Crippen LogP contribution >= 0.6 is 0 Å². The maximum absolute atomic E-state index is 10.7. The van der Waals surface area contributed by atoms with Gasteiger partial charge in [-0.3, -0.25) is 0 Å². The third-order valence-corrected chi connectivity index (χ3v) is 2.18. The fraction of sp³-hybridized carbons (Fsp3) is 0.875. The number of nitrogens with zero attached hydrogens (tertiary/aromatic N) is 1. The first-order valence-electron chi connectivity index (χ1n) is 4.16. The molecule has 70 valence electrons. The van der Waals surface area contributed by atoms with Gasteiger partial charge in [0.15, 0.2) is 0 Å². The normalized spacial score (nSPS) is 27.0. The summed E-state index contributed by atoms with van der Waals surface area (Å²) in [5, 5.41) is 2.42. The molecule has 1 rings (SSSR count). The molecule has 0 heterocycles. The minimum atomic E-state index is -0.334. The van der Waals surface area contributed by atoms with E-state index >= 15 is 0 Å². The van der Waals surface area contributed by atoms with Crippen LogP contribution in [0, 0.1) is 5.92 Å². The van der Waals surface area contributed by atoms with E-state index in [4.69, 9.17) is 4.74 Å². The van der Waals surface area contributed by atoms with Gasteiger partial charge in [-0.1, -0.05) is 0 Å². The van der Waals surface area contributed by atoms with Crippen LogP contribution in [-0.4, -0.2) is 44.8 Å². The van der Waals surface area contributed by atoms with Gasteiger partial charge in [-0.15, -0.1) is 0 Å². The Morgan fingerprint density at radius 3 is 2.75 bits per heavy atom. The van der Waals surface area contributed by atoms with Crippen molar-refractivity contribution < 1.29 is 9.53 Å². The standard InChI is InChI=1S/C8H16N2O2/c1-9-8(11)12-5-6-4-7(6)10(2)3/h6-7H,4-5H2,1-3H3,(H,9,11)/t6-,7-/m1/s1. The second kappa shape index (κ2) is 3.76. The third kappa shape index (κ3) is 2.37. The molecule has 0 aromatic carbocycles. The molecule has 2 atom stereocenters. The molecule has 0 bridgehead atoms. The molecule has 0 aromatic rings. The Morgan fingerprint density at radius 2 is 2.33 bits per heavy atom. The topological polar surface area (TPSA) is 41.6 Å². The Morgan fingerprint density at radius 1 is 1.67 bits per heavy atom. The predicted molar refractivity (Wildman–Crippen MR) is 46.0 cm³/mol. The van der Waals surface area contributed by atoms with E-state index in [-0.39, 0.29) is 6.09 Å². The monoisotopic (exact) mass is 172 g/mol. The number of ether oxygens (including phenoxy) is 1. The van der Waals surface area contributed by atoms with Crippen LogP contribution in [0.5, 0.6) is 0 Å². The minimum absolute atomic E-state index is 0.334. The maximum atomic E-state index is 10.7. The Bertz CT molecular complexity index is 170. The summed E-state index contributed by atoms with van der Waals surface area (Å²) in [6.45, 7) is 0.544. The van der Waals surface area contributed by atoms with Crippen molar-refractivity contribution in [2.24, 2.45) is 5.92 Å². The van der Waals surface area contributed by atoms with Gasteiger partial charge < -0.3 is 15.0 Å². The zero-order valence-electron chi connectivity index (χ0n) is 7.83. The van der Waals surface area contributed by atoms with Gasteiger partial charge >= 0.3 is 6.09 Å². The molecule has 0 radical (unpaired) electrons. The van der Waals surface area contributed by atoms with Crippen molar-refractivity contribution in [3.63, 3.8) is 0 Å². The Kier molecular flexibility index (Phi) is 2.92. The molecule has 1 saturated carbocycles. The van der Waals surface area contributed by atoms with Gasteiger partial charge in [-0.25, -0.2) is 4.79 Å². The summed E-state index contributed by atoms with van der Waals surface area (Å²) in [5.74, 6) is 0.539. The van der Waals surface area contributed by atoms with E-state index in [0.717, 1.165) is 6.42 Å². The second-order valence-corrected chi connectivity index (χ2v) is 3.38. The Balaban J connectivity index is 2.08. The Labute approximate surface area is 72.9 Å². The summed E-state index contributed by atoms with van der Waals surface area (Å²) in [6, 6.07) is 0.606. The first-order valence-corrected chi connectivity index (χ1v) is 4.16. The zero-order valence-corrected chi connectivity index (χ0v) is 7.83. The van der Waals surface area contributed by atoms with E-state index in [1.807, 2.05) is 14.1 Å². The number of amides is 1. The summed E-state index contributed by atoms with van der Waals surface area (Å²) in [7, 11) is 5.66. The van der Waals surface area contributed by atoms with Crippen LogP contribution in [0.4, 0.5) is 4.79 Å². The average Bonchev–Trinajstić information content (AvgIpc) is 2.79. The van der Waals surface area contributed by atoms with Gasteiger partial charge in [0, 0.05) is 19.0 Å². The van der Waals surface area contributed by atoms with Crippen molar-refractivity contribution >= 4 is 6.09 Å². The van der Waals surface area contributed by atoms with E-state index in [9.17, 15) is 4.79 Å². The smallest absolute Gasteiger partial charge is 0.406 e. The lowest BCUT2D eigenvalue weighted by Gasteiger charge is -2.08. The fourth-order valence-corrected chi connectivity index (χ4v) is 1.30. The number of nitrogens with one attached hydrogen (secondary N) is 1. The maximum Gasteiger partial charge on any atom is 0.406 e. The molecule has 0 saturated heterocycles. The van der Waals surface area contributed by atoms with E-state index in [1.54, 1.807) is 7.05 Å². The first-order chi connectivity index (χ1) is 5.65. The molecule has 0 spiro atoms. The van der Waals surface area contributed by atoms with Gasteiger partial charge in [0.05, 0.1) is 6.61 Å². The molecule has 1 aliphatic rings. The number of rotatable bonds is 3. The number of carbonyl (C=O) groups excluding carboxylic acids is 1. The summed E-state index contributed by atoms with van der Waals surface area (Å²) in [5.41, 5.74) is 0. The SMILES string of the molecule is CNC(=O)OC[C@H]1C[C@H]1N(C)C. The molecular weight excluding hydrogens is 156 g/mol. The number of hydrogen-bond donors (Lipinski definition) is 1. The highest BCUT2D eigenvalue weighted by Gasteiger charge is 2.39. The lowest BCUT2D eigenvalue weighted by molar-refractivity contribution is 0.139. The highest BCUT2D eigenvalue weighted by molar-refractivity contribution is 5.66. The zero-order chi connectivity index (χ0) is 9.14. The van der Waals surface area contributed by atoms with Gasteiger partial charge in [0.2, 0.25) is 0 Å². The summed E-state index contributed by atoms with van der Waals surface area (Å²) >= 11 is 0. The molecule has 0 aromatic heterocycles. The molecule has 4 heteroatoms. The van der Waals surface area contributed by atoms with Gasteiger partial charge in [0.25, 0.3) is 0 Å². The quantitative estimate of drug-likeness (QED) is 0.665. The van der Waals surface area contributed by atoms with Crippen molar-refractivity contribution in [3.05, 3.63) is 0 Å². The number of hydrogen-bond acceptors (Lipinski definition) is 3. The van der Waals surface area contributed by atoms with Crippen molar-refractivity contribution in [1.82, 2.24) is 10.2 Å². The molecule has 1 N–H and O–H groups in total. The van der Waals surface area contributed by atoms with Crippen molar-refractivity contribution in [2.75, 3.05) is 27.7 Å². The van der Waals surface area contributed by atoms with Gasteiger partial charge in [0.1, 0.15) is 0 Å². The van der Waals surface area contributed by atoms with Crippen LogP contribution in [-0.2, 0) is 4.74 Å². The van der Waals surface area contributed by atoms with Crippen molar-refractivity contribution in [3.8, 4) is 0 Å². The van der Waals surface area contributed by atoms with Gasteiger partial charge in [-0.2, -0.15) is 0 Å². The molecular formula is C8H16N2O2. The molecule has 4 nitrogen and oxygen atoms in total. The third-order valence-electron chi connectivity index (χ3n) is 2.18. The molecule has 0 aliphatic heterocycles.